The summed E-state index contributed by atoms with van der Waals surface area (Å²) in [6.07, 6.45) is 1.78. The second kappa shape index (κ2) is 10.4. The summed E-state index contributed by atoms with van der Waals surface area (Å²) in [7, 11) is 0. The second-order valence-electron chi connectivity index (χ2n) is 8.03. The average Bonchev–Trinajstić information content (AvgIpc) is 3.13. The highest BCUT2D eigenvalue weighted by Crippen LogP contribution is 2.29. The van der Waals surface area contributed by atoms with Gasteiger partial charge in [-0.25, -0.2) is 4.99 Å². The van der Waals surface area contributed by atoms with Crippen molar-refractivity contribution in [1.29, 1.82) is 0 Å². The van der Waals surface area contributed by atoms with Crippen molar-refractivity contribution in [3.63, 3.8) is 0 Å². The lowest BCUT2D eigenvalue weighted by atomic mass is 10.1. The number of ether oxygens (including phenoxy) is 1. The molecular weight excluding hydrogens is 446 g/mol. The van der Waals surface area contributed by atoms with Crippen LogP contribution in [0.4, 0.5) is 11.4 Å². The second-order valence-corrected chi connectivity index (χ2v) is 9.06. The maximum atomic E-state index is 12.4. The Morgan fingerprint density at radius 1 is 1.03 bits per heavy atom. The lowest BCUT2D eigenvalue weighted by Gasteiger charge is -2.09. The molecule has 1 aliphatic rings. The van der Waals surface area contributed by atoms with E-state index in [4.69, 9.17) is 4.74 Å². The van der Waals surface area contributed by atoms with E-state index in [-0.39, 0.29) is 18.4 Å². The van der Waals surface area contributed by atoms with Crippen LogP contribution < -0.4 is 15.4 Å². The van der Waals surface area contributed by atoms with E-state index in [1.54, 1.807) is 18.2 Å². The highest BCUT2D eigenvalue weighted by atomic mass is 32.2. The van der Waals surface area contributed by atoms with Gasteiger partial charge in [0.1, 0.15) is 5.75 Å². The Bertz CT molecular complexity index is 1310. The molecule has 0 radical (unpaired) electrons. The fraction of sp³-hybridized carbons (Fsp3) is 0.148. The van der Waals surface area contributed by atoms with Crippen molar-refractivity contribution >= 4 is 46.2 Å². The predicted molar refractivity (Wildman–Crippen MR) is 138 cm³/mol. The largest absolute Gasteiger partial charge is 0.484 e. The topological polar surface area (TPSA) is 79.8 Å². The number of hydrogen-bond acceptors (Lipinski definition) is 5. The normalized spacial score (nSPS) is 15.4. The summed E-state index contributed by atoms with van der Waals surface area (Å²) in [6.45, 7) is 5.91. The Morgan fingerprint density at radius 3 is 2.65 bits per heavy atom. The highest BCUT2D eigenvalue weighted by molar-refractivity contribution is 8.18. The number of anilines is 1. The van der Waals surface area contributed by atoms with Crippen molar-refractivity contribution in [2.45, 2.75) is 20.8 Å². The summed E-state index contributed by atoms with van der Waals surface area (Å²) < 4.78 is 5.66. The number of hydrogen-bond donors (Lipinski definition) is 2. The molecule has 1 fully saturated rings. The number of carbonyl (C=O) groups excluding carboxylic acids is 2. The summed E-state index contributed by atoms with van der Waals surface area (Å²) in [5.74, 6) is 0.104. The highest BCUT2D eigenvalue weighted by Gasteiger charge is 2.23. The molecule has 0 bridgehead atoms. The van der Waals surface area contributed by atoms with Crippen molar-refractivity contribution in [2.24, 2.45) is 4.99 Å². The molecule has 3 aromatic carbocycles. The molecule has 34 heavy (non-hydrogen) atoms. The van der Waals surface area contributed by atoms with Crippen LogP contribution in [-0.4, -0.2) is 23.6 Å². The summed E-state index contributed by atoms with van der Waals surface area (Å²) in [5.41, 5.74) is 5.71. The van der Waals surface area contributed by atoms with E-state index < -0.39 is 0 Å². The molecule has 2 N–H and O–H groups in total. The van der Waals surface area contributed by atoms with Crippen LogP contribution in [0, 0.1) is 20.8 Å². The van der Waals surface area contributed by atoms with Crippen LogP contribution in [0.15, 0.2) is 76.6 Å². The number of benzene rings is 3. The molecule has 4 rings (SSSR count). The maximum Gasteiger partial charge on any atom is 0.264 e. The predicted octanol–water partition coefficient (Wildman–Crippen LogP) is 5.52. The summed E-state index contributed by atoms with van der Waals surface area (Å²) >= 11 is 1.29. The Morgan fingerprint density at radius 2 is 1.85 bits per heavy atom. The van der Waals surface area contributed by atoms with Gasteiger partial charge in [0.15, 0.2) is 11.8 Å². The Labute approximate surface area is 203 Å². The summed E-state index contributed by atoms with van der Waals surface area (Å²) in [4.78, 5) is 29.7. The molecule has 0 unspecified atom stereocenters. The number of amidine groups is 1. The minimum atomic E-state index is -0.241. The Balaban J connectivity index is 1.38. The van der Waals surface area contributed by atoms with Gasteiger partial charge >= 0.3 is 0 Å². The zero-order chi connectivity index (χ0) is 24.1. The zero-order valence-corrected chi connectivity index (χ0v) is 20.0. The van der Waals surface area contributed by atoms with E-state index in [9.17, 15) is 9.59 Å². The van der Waals surface area contributed by atoms with Gasteiger partial charge in [-0.3, -0.25) is 9.59 Å². The van der Waals surface area contributed by atoms with Crippen LogP contribution in [0.2, 0.25) is 0 Å². The third kappa shape index (κ3) is 6.14. The SMILES string of the molecule is Cc1cccc(N=C2NC(=O)C(=Cc3cccc(OCC(=O)Nc4ccc(C)c(C)c4)c3)S2)c1. The lowest BCUT2D eigenvalue weighted by Crippen LogP contribution is -2.20. The van der Waals surface area contributed by atoms with E-state index in [1.807, 2.05) is 75.4 Å². The number of rotatable bonds is 6. The molecule has 1 heterocycles. The van der Waals surface area contributed by atoms with E-state index in [0.29, 0.717) is 15.8 Å². The third-order valence-electron chi connectivity index (χ3n) is 5.20. The van der Waals surface area contributed by atoms with E-state index >= 15 is 0 Å². The van der Waals surface area contributed by atoms with Gasteiger partial charge in [-0.1, -0.05) is 30.3 Å². The first-order valence-electron chi connectivity index (χ1n) is 10.8. The molecule has 0 aliphatic carbocycles. The van der Waals surface area contributed by atoms with Gasteiger partial charge < -0.3 is 15.4 Å². The van der Waals surface area contributed by atoms with Crippen LogP contribution >= 0.6 is 11.8 Å². The monoisotopic (exact) mass is 471 g/mol. The van der Waals surface area contributed by atoms with Gasteiger partial charge in [0.2, 0.25) is 0 Å². The molecule has 6 nitrogen and oxygen atoms in total. The molecule has 0 spiro atoms. The van der Waals surface area contributed by atoms with E-state index in [2.05, 4.69) is 15.6 Å². The van der Waals surface area contributed by atoms with Gasteiger partial charge in [0.05, 0.1) is 10.6 Å². The number of nitrogens with zero attached hydrogens (tertiary/aromatic N) is 1. The van der Waals surface area contributed by atoms with E-state index in [1.165, 1.54) is 17.3 Å². The molecule has 7 heteroatoms. The summed E-state index contributed by atoms with van der Waals surface area (Å²) in [5, 5.41) is 6.18. The molecule has 0 saturated carbocycles. The number of aryl methyl sites for hydroxylation is 3. The number of aliphatic imine (C=N–C) groups is 1. The fourth-order valence-electron chi connectivity index (χ4n) is 3.31. The van der Waals surface area contributed by atoms with Crippen LogP contribution in [-0.2, 0) is 9.59 Å². The first kappa shape index (κ1) is 23.3. The van der Waals surface area contributed by atoms with Crippen LogP contribution in [0.1, 0.15) is 22.3 Å². The van der Waals surface area contributed by atoms with Gasteiger partial charge in [0.25, 0.3) is 11.8 Å². The molecule has 0 atom stereocenters. The number of thioether (sulfide) groups is 1. The Kier molecular flexibility index (Phi) is 7.13. The molecular formula is C27H25N3O3S. The molecule has 1 saturated heterocycles. The molecule has 0 aromatic heterocycles. The summed E-state index contributed by atoms with van der Waals surface area (Å²) in [6, 6.07) is 20.8. The maximum absolute atomic E-state index is 12.4. The minimum Gasteiger partial charge on any atom is -0.484 e. The third-order valence-corrected chi connectivity index (χ3v) is 6.11. The minimum absolute atomic E-state index is 0.116. The van der Waals surface area contributed by atoms with Crippen LogP contribution in [0.25, 0.3) is 6.08 Å². The van der Waals surface area contributed by atoms with Crippen molar-refractivity contribution in [3.05, 3.63) is 93.9 Å². The molecule has 3 aromatic rings. The molecule has 2 amide bonds. The number of nitrogens with one attached hydrogen (secondary N) is 2. The Hall–Kier alpha value is -3.84. The quantitative estimate of drug-likeness (QED) is 0.464. The number of carbonyl (C=O) groups is 2. The van der Waals surface area contributed by atoms with Crippen LogP contribution in [0.3, 0.4) is 0 Å². The van der Waals surface area contributed by atoms with Gasteiger partial charge in [-0.15, -0.1) is 0 Å². The first-order valence-corrected chi connectivity index (χ1v) is 11.6. The van der Waals surface area contributed by atoms with Crippen molar-refractivity contribution < 1.29 is 14.3 Å². The molecule has 1 aliphatic heterocycles. The van der Waals surface area contributed by atoms with Gasteiger partial charge in [-0.2, -0.15) is 0 Å². The van der Waals surface area contributed by atoms with E-state index in [0.717, 1.165) is 28.1 Å². The fourth-order valence-corrected chi connectivity index (χ4v) is 4.15. The van der Waals surface area contributed by atoms with Crippen molar-refractivity contribution in [1.82, 2.24) is 5.32 Å². The van der Waals surface area contributed by atoms with Crippen molar-refractivity contribution in [3.8, 4) is 5.75 Å². The standard InChI is InChI=1S/C27H25N3O3S/c1-17-6-4-8-21(12-17)29-27-30-26(32)24(34-27)15-20-7-5-9-23(14-20)33-16-25(31)28-22-11-10-18(2)19(3)13-22/h4-15H,16H2,1-3H3,(H,28,31)(H,29,30,32). The first-order chi connectivity index (χ1) is 16.4. The lowest BCUT2D eigenvalue weighted by molar-refractivity contribution is -0.118. The molecule has 172 valence electrons. The van der Waals surface area contributed by atoms with Gasteiger partial charge in [0, 0.05) is 5.69 Å². The average molecular weight is 472 g/mol. The smallest absolute Gasteiger partial charge is 0.264 e. The van der Waals surface area contributed by atoms with Gasteiger partial charge in [-0.05, 0) is 97.3 Å². The van der Waals surface area contributed by atoms with Crippen molar-refractivity contribution in [2.75, 3.05) is 11.9 Å². The van der Waals surface area contributed by atoms with Crippen LogP contribution in [0.5, 0.6) is 5.75 Å². The number of amides is 2. The zero-order valence-electron chi connectivity index (χ0n) is 19.2.